The number of benzene rings is 1. The molecule has 1 fully saturated rings. The summed E-state index contributed by atoms with van der Waals surface area (Å²) in [7, 11) is 0. The second kappa shape index (κ2) is 7.94. The van der Waals surface area contributed by atoms with E-state index in [1.807, 2.05) is 0 Å². The summed E-state index contributed by atoms with van der Waals surface area (Å²) in [4.78, 5) is 38.0. The number of likely N-dealkylation sites (tertiary alicyclic amines) is 1. The highest BCUT2D eigenvalue weighted by Gasteiger charge is 2.34. The minimum absolute atomic E-state index is 0.0307. The van der Waals surface area contributed by atoms with E-state index in [4.69, 9.17) is 9.47 Å². The van der Waals surface area contributed by atoms with Crippen molar-refractivity contribution in [2.24, 2.45) is 0 Å². The van der Waals surface area contributed by atoms with Gasteiger partial charge in [0.05, 0.1) is 12.0 Å². The number of halogens is 1. The number of hydrogen-bond donors (Lipinski definition) is 1. The molecular formula is C19H23FN2O5. The van der Waals surface area contributed by atoms with Gasteiger partial charge in [-0.25, -0.2) is 9.18 Å². The lowest BCUT2D eigenvalue weighted by atomic mass is 9.90. The maximum Gasteiger partial charge on any atom is 0.410 e. The van der Waals surface area contributed by atoms with Crippen LogP contribution in [0.5, 0.6) is 0 Å². The Hall–Kier alpha value is -2.64. The SMILES string of the molecule is CC(C)OC(=O)N1CCC(OC(=O)[C@H]2CC(=O)Nc3cc(F)ccc32)CC1. The first-order valence-electron chi connectivity index (χ1n) is 9.09. The van der Waals surface area contributed by atoms with Crippen LogP contribution in [0.2, 0.25) is 0 Å². The van der Waals surface area contributed by atoms with Gasteiger partial charge in [-0.3, -0.25) is 9.59 Å². The minimum Gasteiger partial charge on any atom is -0.462 e. The molecule has 1 saturated heterocycles. The third-order valence-electron chi connectivity index (χ3n) is 4.66. The van der Waals surface area contributed by atoms with Gasteiger partial charge in [0, 0.05) is 38.0 Å². The number of piperidine rings is 1. The maximum atomic E-state index is 13.4. The smallest absolute Gasteiger partial charge is 0.410 e. The first-order chi connectivity index (χ1) is 12.8. The number of carbonyl (C=O) groups excluding carboxylic acids is 3. The van der Waals surface area contributed by atoms with Gasteiger partial charge in [-0.1, -0.05) is 6.07 Å². The molecule has 1 atom stereocenters. The van der Waals surface area contributed by atoms with Crippen molar-refractivity contribution in [3.05, 3.63) is 29.6 Å². The molecule has 146 valence electrons. The second-order valence-electron chi connectivity index (χ2n) is 7.09. The second-order valence-corrected chi connectivity index (χ2v) is 7.09. The molecule has 2 aliphatic rings. The number of rotatable bonds is 3. The molecule has 0 aromatic heterocycles. The zero-order chi connectivity index (χ0) is 19.6. The highest BCUT2D eigenvalue weighted by Crippen LogP contribution is 2.34. The summed E-state index contributed by atoms with van der Waals surface area (Å²) >= 11 is 0. The van der Waals surface area contributed by atoms with Crippen LogP contribution >= 0.6 is 0 Å². The number of carbonyl (C=O) groups is 3. The zero-order valence-corrected chi connectivity index (χ0v) is 15.4. The van der Waals surface area contributed by atoms with Crippen LogP contribution in [0.25, 0.3) is 0 Å². The van der Waals surface area contributed by atoms with Crippen LogP contribution in [0.3, 0.4) is 0 Å². The van der Waals surface area contributed by atoms with Crippen molar-refractivity contribution in [3.63, 3.8) is 0 Å². The van der Waals surface area contributed by atoms with Crippen molar-refractivity contribution in [3.8, 4) is 0 Å². The lowest BCUT2D eigenvalue weighted by molar-refractivity contribution is -0.154. The summed E-state index contributed by atoms with van der Waals surface area (Å²) in [5.74, 6) is -2.08. The maximum absolute atomic E-state index is 13.4. The van der Waals surface area contributed by atoms with E-state index in [0.717, 1.165) is 0 Å². The normalized spacial score (nSPS) is 20.1. The molecule has 1 N–H and O–H groups in total. The molecule has 2 amide bonds. The number of esters is 1. The standard InChI is InChI=1S/C19H23FN2O5/c1-11(2)26-19(25)22-7-5-13(6-8-22)27-18(24)15-10-17(23)21-16-9-12(20)3-4-14(15)16/h3-4,9,11,13,15H,5-8,10H2,1-2H3,(H,21,23)/t15-/m0/s1. The highest BCUT2D eigenvalue weighted by atomic mass is 19.1. The van der Waals surface area contributed by atoms with Crippen LogP contribution < -0.4 is 5.32 Å². The molecule has 0 unspecified atom stereocenters. The molecule has 0 bridgehead atoms. The van der Waals surface area contributed by atoms with Gasteiger partial charge < -0.3 is 19.7 Å². The van der Waals surface area contributed by atoms with E-state index in [-0.39, 0.29) is 30.6 Å². The summed E-state index contributed by atoms with van der Waals surface area (Å²) in [6, 6.07) is 3.96. The van der Waals surface area contributed by atoms with Crippen LogP contribution in [-0.4, -0.2) is 48.2 Å². The summed E-state index contributed by atoms with van der Waals surface area (Å²) in [5.41, 5.74) is 0.860. The molecule has 1 aromatic carbocycles. The number of ether oxygens (including phenoxy) is 2. The Morgan fingerprint density at radius 1 is 1.26 bits per heavy atom. The fourth-order valence-electron chi connectivity index (χ4n) is 3.33. The van der Waals surface area contributed by atoms with Crippen molar-refractivity contribution >= 4 is 23.7 Å². The molecule has 0 spiro atoms. The molecule has 2 heterocycles. The molecule has 7 nitrogen and oxygen atoms in total. The molecule has 2 aliphatic heterocycles. The van der Waals surface area contributed by atoms with E-state index < -0.39 is 17.7 Å². The van der Waals surface area contributed by atoms with E-state index >= 15 is 0 Å². The Morgan fingerprint density at radius 3 is 2.63 bits per heavy atom. The molecule has 0 radical (unpaired) electrons. The number of nitrogens with one attached hydrogen (secondary N) is 1. The average molecular weight is 378 g/mol. The Balaban J connectivity index is 1.59. The Labute approximate surface area is 156 Å². The zero-order valence-electron chi connectivity index (χ0n) is 15.4. The Bertz CT molecular complexity index is 744. The predicted octanol–water partition coefficient (Wildman–Crippen LogP) is 2.80. The Morgan fingerprint density at radius 2 is 1.96 bits per heavy atom. The summed E-state index contributed by atoms with van der Waals surface area (Å²) in [5, 5.41) is 2.58. The molecule has 3 rings (SSSR count). The van der Waals surface area contributed by atoms with Gasteiger partial charge in [0.1, 0.15) is 11.9 Å². The lowest BCUT2D eigenvalue weighted by Gasteiger charge is -2.32. The van der Waals surface area contributed by atoms with Gasteiger partial charge in [0.25, 0.3) is 0 Å². The van der Waals surface area contributed by atoms with Gasteiger partial charge in [-0.2, -0.15) is 0 Å². The van der Waals surface area contributed by atoms with Crippen LogP contribution in [0, 0.1) is 5.82 Å². The Kier molecular flexibility index (Phi) is 5.62. The van der Waals surface area contributed by atoms with Crippen molar-refractivity contribution in [2.75, 3.05) is 18.4 Å². The van der Waals surface area contributed by atoms with Crippen molar-refractivity contribution in [1.29, 1.82) is 0 Å². The molecule has 27 heavy (non-hydrogen) atoms. The van der Waals surface area contributed by atoms with E-state index in [9.17, 15) is 18.8 Å². The molecular weight excluding hydrogens is 355 g/mol. The topological polar surface area (TPSA) is 84.9 Å². The molecule has 0 saturated carbocycles. The summed E-state index contributed by atoms with van der Waals surface area (Å²) in [6.45, 7) is 4.46. The molecule has 8 heteroatoms. The average Bonchev–Trinajstić information content (AvgIpc) is 2.60. The van der Waals surface area contributed by atoms with E-state index in [0.29, 0.717) is 37.2 Å². The van der Waals surface area contributed by atoms with E-state index in [2.05, 4.69) is 5.32 Å². The number of anilines is 1. The molecule has 1 aromatic rings. The third-order valence-corrected chi connectivity index (χ3v) is 4.66. The fraction of sp³-hybridized carbons (Fsp3) is 0.526. The van der Waals surface area contributed by atoms with Crippen LogP contribution in [0.4, 0.5) is 14.9 Å². The number of hydrogen-bond acceptors (Lipinski definition) is 5. The number of amides is 2. The largest absolute Gasteiger partial charge is 0.462 e. The van der Waals surface area contributed by atoms with Crippen LogP contribution in [0.15, 0.2) is 18.2 Å². The van der Waals surface area contributed by atoms with Crippen molar-refractivity contribution in [2.45, 2.75) is 51.2 Å². The third kappa shape index (κ3) is 4.56. The number of nitrogens with zero attached hydrogens (tertiary/aromatic N) is 1. The van der Waals surface area contributed by atoms with Gasteiger partial charge in [0.15, 0.2) is 0 Å². The highest BCUT2D eigenvalue weighted by molar-refractivity contribution is 6.00. The fourth-order valence-corrected chi connectivity index (χ4v) is 3.33. The molecule has 0 aliphatic carbocycles. The van der Waals surface area contributed by atoms with Crippen molar-refractivity contribution < 1.29 is 28.2 Å². The van der Waals surface area contributed by atoms with Gasteiger partial charge in [0.2, 0.25) is 5.91 Å². The first-order valence-corrected chi connectivity index (χ1v) is 9.09. The van der Waals surface area contributed by atoms with E-state index in [1.54, 1.807) is 18.7 Å². The lowest BCUT2D eigenvalue weighted by Crippen LogP contribution is -2.43. The van der Waals surface area contributed by atoms with Gasteiger partial charge >= 0.3 is 12.1 Å². The van der Waals surface area contributed by atoms with Crippen LogP contribution in [-0.2, 0) is 19.1 Å². The minimum atomic E-state index is -0.752. The predicted molar refractivity (Wildman–Crippen MR) is 94.7 cm³/mol. The monoisotopic (exact) mass is 378 g/mol. The van der Waals surface area contributed by atoms with Gasteiger partial charge in [-0.15, -0.1) is 0 Å². The summed E-state index contributed by atoms with van der Waals surface area (Å²) in [6.07, 6.45) is 0.110. The van der Waals surface area contributed by atoms with Crippen LogP contribution in [0.1, 0.15) is 44.6 Å². The van der Waals surface area contributed by atoms with E-state index in [1.165, 1.54) is 18.2 Å². The number of fused-ring (bicyclic) bond motifs is 1. The van der Waals surface area contributed by atoms with Crippen molar-refractivity contribution in [1.82, 2.24) is 4.90 Å². The first kappa shape index (κ1) is 19.1. The summed E-state index contributed by atoms with van der Waals surface area (Å²) < 4.78 is 24.1. The van der Waals surface area contributed by atoms with Gasteiger partial charge in [-0.05, 0) is 31.5 Å². The quantitative estimate of drug-likeness (QED) is 0.818.